The van der Waals surface area contributed by atoms with Gasteiger partial charge in [0.25, 0.3) is 0 Å². The summed E-state index contributed by atoms with van der Waals surface area (Å²) in [5, 5.41) is 11.7. The second-order valence-electron chi connectivity index (χ2n) is 4.61. The number of nitrogens with two attached hydrogens (primary N) is 1. The van der Waals surface area contributed by atoms with Gasteiger partial charge in [-0.1, -0.05) is 0 Å². The number of piperidine rings is 1. The van der Waals surface area contributed by atoms with E-state index < -0.39 is 4.92 Å². The maximum atomic E-state index is 10.8. The predicted octanol–water partition coefficient (Wildman–Crippen LogP) is 1.53. The lowest BCUT2D eigenvalue weighted by molar-refractivity contribution is -0.380. The number of hydrogen-bond donors (Lipinski definition) is 1. The molecule has 0 aliphatic carbocycles. The van der Waals surface area contributed by atoms with Crippen LogP contribution < -0.4 is 10.6 Å². The van der Waals surface area contributed by atoms with E-state index in [1.54, 1.807) is 6.07 Å². The molecule has 0 saturated carbocycles. The van der Waals surface area contributed by atoms with E-state index in [0.717, 1.165) is 48.5 Å². The molecule has 3 rings (SSSR count). The van der Waals surface area contributed by atoms with Crippen LogP contribution in [0, 0.1) is 10.1 Å². The van der Waals surface area contributed by atoms with Gasteiger partial charge >= 0.3 is 5.00 Å². The average Bonchev–Trinajstić information content (AvgIpc) is 2.82. The van der Waals surface area contributed by atoms with E-state index >= 15 is 0 Å². The summed E-state index contributed by atoms with van der Waals surface area (Å²) in [5.41, 5.74) is 5.97. The summed E-state index contributed by atoms with van der Waals surface area (Å²) in [5.74, 6) is 0.754. The Hall–Kier alpha value is -1.80. The molecule has 100 valence electrons. The Kier molecular flexibility index (Phi) is 3.03. The lowest BCUT2D eigenvalue weighted by atomic mass is 10.1. The van der Waals surface area contributed by atoms with E-state index in [0.29, 0.717) is 4.83 Å². The van der Waals surface area contributed by atoms with Crippen molar-refractivity contribution in [2.24, 2.45) is 5.73 Å². The highest BCUT2D eigenvalue weighted by Gasteiger charge is 2.22. The number of aromatic nitrogens is 2. The molecular weight excluding hydrogens is 266 g/mol. The third-order valence-electron chi connectivity index (χ3n) is 3.23. The zero-order valence-electron chi connectivity index (χ0n) is 10.2. The van der Waals surface area contributed by atoms with Gasteiger partial charge in [0, 0.05) is 25.2 Å². The highest BCUT2D eigenvalue weighted by molar-refractivity contribution is 7.21. The molecule has 2 aromatic rings. The fraction of sp³-hybridized carbons (Fsp3) is 0.455. The monoisotopic (exact) mass is 279 g/mol. The van der Waals surface area contributed by atoms with Crippen LogP contribution in [-0.4, -0.2) is 34.0 Å². The van der Waals surface area contributed by atoms with Crippen LogP contribution in [0.4, 0.5) is 10.8 Å². The van der Waals surface area contributed by atoms with E-state index in [2.05, 4.69) is 14.9 Å². The molecule has 7 nitrogen and oxygen atoms in total. The van der Waals surface area contributed by atoms with Crippen molar-refractivity contribution in [3.8, 4) is 0 Å². The molecule has 0 amide bonds. The summed E-state index contributed by atoms with van der Waals surface area (Å²) in [6, 6.07) is 1.68. The molecule has 2 N–H and O–H groups in total. The summed E-state index contributed by atoms with van der Waals surface area (Å²) in [4.78, 5) is 21.6. The van der Waals surface area contributed by atoms with E-state index in [1.165, 1.54) is 6.33 Å². The van der Waals surface area contributed by atoms with Crippen molar-refractivity contribution in [2.45, 2.75) is 18.9 Å². The summed E-state index contributed by atoms with van der Waals surface area (Å²) in [6.07, 6.45) is 3.48. The molecule has 19 heavy (non-hydrogen) atoms. The number of nitrogens with zero attached hydrogens (tertiary/aromatic N) is 4. The van der Waals surface area contributed by atoms with Gasteiger partial charge in [0.2, 0.25) is 0 Å². The van der Waals surface area contributed by atoms with Gasteiger partial charge in [0.15, 0.2) is 0 Å². The van der Waals surface area contributed by atoms with Crippen molar-refractivity contribution in [3.63, 3.8) is 0 Å². The number of hydrogen-bond acceptors (Lipinski definition) is 7. The predicted molar refractivity (Wildman–Crippen MR) is 73.5 cm³/mol. The van der Waals surface area contributed by atoms with E-state index in [9.17, 15) is 10.1 Å². The van der Waals surface area contributed by atoms with Crippen LogP contribution in [0.2, 0.25) is 0 Å². The number of rotatable bonds is 2. The van der Waals surface area contributed by atoms with Crippen molar-refractivity contribution >= 4 is 32.4 Å². The standard InChI is InChI=1S/C11H13N5O2S/c12-7-2-1-3-15(5-7)10-8-4-9(16(17)18)19-11(8)14-6-13-10/h4,6-7H,1-3,5,12H2. The summed E-state index contributed by atoms with van der Waals surface area (Å²) < 4.78 is 0. The molecule has 1 unspecified atom stereocenters. The van der Waals surface area contributed by atoms with Crippen LogP contribution in [0.1, 0.15) is 12.8 Å². The second-order valence-corrected chi connectivity index (χ2v) is 5.62. The van der Waals surface area contributed by atoms with Gasteiger partial charge in [-0.15, -0.1) is 0 Å². The molecule has 0 spiro atoms. The highest BCUT2D eigenvalue weighted by atomic mass is 32.1. The first-order valence-corrected chi connectivity index (χ1v) is 6.86. The molecule has 1 fully saturated rings. The van der Waals surface area contributed by atoms with Crippen LogP contribution >= 0.6 is 11.3 Å². The molecule has 8 heteroatoms. The molecule has 3 heterocycles. The minimum absolute atomic E-state index is 0.0954. The van der Waals surface area contributed by atoms with Crippen LogP contribution in [0.3, 0.4) is 0 Å². The van der Waals surface area contributed by atoms with E-state index in [1.807, 2.05) is 0 Å². The molecule has 1 aliphatic rings. The SMILES string of the molecule is NC1CCCN(c2ncnc3sc([N+](=O)[O-])cc23)C1. The quantitative estimate of drug-likeness (QED) is 0.661. The van der Waals surface area contributed by atoms with Crippen molar-refractivity contribution < 1.29 is 4.92 Å². The molecule has 0 aromatic carbocycles. The first-order chi connectivity index (χ1) is 9.15. The minimum Gasteiger partial charge on any atom is -0.354 e. The Morgan fingerprint density at radius 2 is 2.37 bits per heavy atom. The average molecular weight is 279 g/mol. The van der Waals surface area contributed by atoms with Gasteiger partial charge in [0.05, 0.1) is 10.3 Å². The Morgan fingerprint density at radius 3 is 3.11 bits per heavy atom. The van der Waals surface area contributed by atoms with Crippen molar-refractivity contribution in [3.05, 3.63) is 22.5 Å². The third-order valence-corrected chi connectivity index (χ3v) is 4.23. The fourth-order valence-electron chi connectivity index (χ4n) is 2.37. The summed E-state index contributed by atoms with van der Waals surface area (Å²) >= 11 is 1.08. The lowest BCUT2D eigenvalue weighted by Crippen LogP contribution is -2.43. The normalized spacial score (nSPS) is 19.8. The first-order valence-electron chi connectivity index (χ1n) is 6.04. The number of nitro groups is 1. The molecule has 1 saturated heterocycles. The number of thiophene rings is 1. The number of fused-ring (bicyclic) bond motifs is 1. The maximum absolute atomic E-state index is 10.8. The molecule has 0 bridgehead atoms. The highest BCUT2D eigenvalue weighted by Crippen LogP contribution is 2.35. The number of anilines is 1. The molecule has 1 aliphatic heterocycles. The largest absolute Gasteiger partial charge is 0.354 e. The van der Waals surface area contributed by atoms with Crippen molar-refractivity contribution in [1.82, 2.24) is 9.97 Å². The van der Waals surface area contributed by atoms with Crippen LogP contribution in [0.5, 0.6) is 0 Å². The van der Waals surface area contributed by atoms with Gasteiger partial charge < -0.3 is 10.6 Å². The van der Waals surface area contributed by atoms with Gasteiger partial charge in [-0.05, 0) is 24.2 Å². The minimum atomic E-state index is -0.391. The lowest BCUT2D eigenvalue weighted by Gasteiger charge is -2.31. The molecule has 0 radical (unpaired) electrons. The zero-order chi connectivity index (χ0) is 13.4. The Balaban J connectivity index is 2.05. The van der Waals surface area contributed by atoms with Gasteiger partial charge in [-0.3, -0.25) is 10.1 Å². The zero-order valence-corrected chi connectivity index (χ0v) is 11.0. The van der Waals surface area contributed by atoms with Gasteiger partial charge in [-0.2, -0.15) is 0 Å². The maximum Gasteiger partial charge on any atom is 0.326 e. The Bertz CT molecular complexity index is 629. The van der Waals surface area contributed by atoms with Crippen LogP contribution in [0.25, 0.3) is 10.2 Å². The van der Waals surface area contributed by atoms with Gasteiger partial charge in [-0.25, -0.2) is 9.97 Å². The van der Waals surface area contributed by atoms with E-state index in [4.69, 9.17) is 5.73 Å². The summed E-state index contributed by atoms with van der Waals surface area (Å²) in [7, 11) is 0. The summed E-state index contributed by atoms with van der Waals surface area (Å²) in [6.45, 7) is 1.61. The van der Waals surface area contributed by atoms with Crippen LogP contribution in [0.15, 0.2) is 12.4 Å². The van der Waals surface area contributed by atoms with Crippen molar-refractivity contribution in [2.75, 3.05) is 18.0 Å². The van der Waals surface area contributed by atoms with Crippen molar-refractivity contribution in [1.29, 1.82) is 0 Å². The topological polar surface area (TPSA) is 98.2 Å². The third kappa shape index (κ3) is 2.24. The van der Waals surface area contributed by atoms with Gasteiger partial charge in [0.1, 0.15) is 17.0 Å². The fourth-order valence-corrected chi connectivity index (χ4v) is 3.18. The molecular formula is C11H13N5O2S. The van der Waals surface area contributed by atoms with E-state index in [-0.39, 0.29) is 11.0 Å². The first kappa shape index (κ1) is 12.2. The Morgan fingerprint density at radius 1 is 1.53 bits per heavy atom. The molecule has 1 atom stereocenters. The second kappa shape index (κ2) is 4.71. The molecule has 2 aromatic heterocycles. The smallest absolute Gasteiger partial charge is 0.326 e. The van der Waals surface area contributed by atoms with Crippen LogP contribution in [-0.2, 0) is 0 Å². The Labute approximate surface area is 113 Å².